The Morgan fingerprint density at radius 3 is 2.29 bits per heavy atom. The second kappa shape index (κ2) is 7.47. The predicted octanol–water partition coefficient (Wildman–Crippen LogP) is 3.79. The van der Waals surface area contributed by atoms with Crippen LogP contribution >= 0.6 is 0 Å². The lowest BCUT2D eigenvalue weighted by Gasteiger charge is -2.35. The van der Waals surface area contributed by atoms with E-state index in [2.05, 4.69) is 30.0 Å². The summed E-state index contributed by atoms with van der Waals surface area (Å²) in [6.45, 7) is 6.83. The largest absolute Gasteiger partial charge is 0.494 e. The van der Waals surface area contributed by atoms with Crippen LogP contribution in [0.4, 0.5) is 0 Å². The first-order chi connectivity index (χ1) is 10.2. The van der Waals surface area contributed by atoms with Crippen molar-refractivity contribution in [3.05, 3.63) is 29.8 Å². The Balaban J connectivity index is 2.07. The summed E-state index contributed by atoms with van der Waals surface area (Å²) in [5, 5.41) is 9.71. The van der Waals surface area contributed by atoms with Gasteiger partial charge >= 0.3 is 0 Å². The van der Waals surface area contributed by atoms with Gasteiger partial charge in [-0.05, 0) is 57.5 Å². The van der Waals surface area contributed by atoms with Gasteiger partial charge in [0.25, 0.3) is 0 Å². The molecule has 1 aromatic rings. The number of ether oxygens (including phenoxy) is 1. The SMILES string of the molecule is CCOc1ccc(CC(C)(C#N)N2CCCCCC2)cc1. The van der Waals surface area contributed by atoms with Gasteiger partial charge in [0.15, 0.2) is 0 Å². The molecule has 1 aliphatic rings. The van der Waals surface area contributed by atoms with E-state index < -0.39 is 5.54 Å². The summed E-state index contributed by atoms with van der Waals surface area (Å²) in [5.41, 5.74) is 0.795. The van der Waals surface area contributed by atoms with Gasteiger partial charge in [-0.15, -0.1) is 0 Å². The molecule has 0 saturated carbocycles. The molecule has 0 N–H and O–H groups in total. The standard InChI is InChI=1S/C18H26N2O/c1-3-21-17-10-8-16(9-11-17)14-18(2,15-19)20-12-6-4-5-7-13-20/h8-11H,3-7,12-14H2,1-2H3. The Hall–Kier alpha value is -1.53. The van der Waals surface area contributed by atoms with Gasteiger partial charge in [0.2, 0.25) is 0 Å². The van der Waals surface area contributed by atoms with Crippen molar-refractivity contribution in [3.63, 3.8) is 0 Å². The van der Waals surface area contributed by atoms with Crippen LogP contribution in [0.15, 0.2) is 24.3 Å². The molecule has 0 spiro atoms. The lowest BCUT2D eigenvalue weighted by molar-refractivity contribution is 0.157. The van der Waals surface area contributed by atoms with E-state index in [0.29, 0.717) is 6.61 Å². The minimum absolute atomic E-state index is 0.405. The van der Waals surface area contributed by atoms with Gasteiger partial charge in [0.1, 0.15) is 11.3 Å². The molecular weight excluding hydrogens is 260 g/mol. The highest BCUT2D eigenvalue weighted by Crippen LogP contribution is 2.25. The van der Waals surface area contributed by atoms with E-state index in [0.717, 1.165) is 25.3 Å². The molecule has 1 unspecified atom stereocenters. The molecule has 114 valence electrons. The van der Waals surface area contributed by atoms with Crippen molar-refractivity contribution in [2.75, 3.05) is 19.7 Å². The topological polar surface area (TPSA) is 36.3 Å². The van der Waals surface area contributed by atoms with E-state index >= 15 is 0 Å². The van der Waals surface area contributed by atoms with Crippen LogP contribution in [-0.2, 0) is 6.42 Å². The molecule has 1 fully saturated rings. The maximum absolute atomic E-state index is 9.71. The summed E-state index contributed by atoms with van der Waals surface area (Å²) in [7, 11) is 0. The summed E-state index contributed by atoms with van der Waals surface area (Å²) in [6, 6.07) is 10.7. The summed E-state index contributed by atoms with van der Waals surface area (Å²) < 4.78 is 5.47. The van der Waals surface area contributed by atoms with E-state index in [-0.39, 0.29) is 0 Å². The van der Waals surface area contributed by atoms with Crippen LogP contribution in [0.5, 0.6) is 5.75 Å². The van der Waals surface area contributed by atoms with Gasteiger partial charge in [0.05, 0.1) is 12.7 Å². The van der Waals surface area contributed by atoms with Crippen LogP contribution in [0.1, 0.15) is 45.1 Å². The Labute approximate surface area is 128 Å². The van der Waals surface area contributed by atoms with Crippen molar-refractivity contribution in [1.29, 1.82) is 5.26 Å². The van der Waals surface area contributed by atoms with Crippen LogP contribution < -0.4 is 4.74 Å². The highest BCUT2D eigenvalue weighted by atomic mass is 16.5. The molecule has 0 bridgehead atoms. The zero-order valence-electron chi connectivity index (χ0n) is 13.3. The van der Waals surface area contributed by atoms with E-state index in [1.54, 1.807) is 0 Å². The van der Waals surface area contributed by atoms with Crippen LogP contribution in [0.3, 0.4) is 0 Å². The molecule has 1 aromatic carbocycles. The Bertz CT molecular complexity index is 469. The van der Waals surface area contributed by atoms with Crippen LogP contribution in [0.2, 0.25) is 0 Å². The normalized spacial score (nSPS) is 19.3. The molecule has 0 radical (unpaired) electrons. The molecule has 1 atom stereocenters. The zero-order chi connectivity index (χ0) is 15.1. The van der Waals surface area contributed by atoms with Gasteiger partial charge in [-0.3, -0.25) is 4.90 Å². The van der Waals surface area contributed by atoms with Crippen LogP contribution in [-0.4, -0.2) is 30.1 Å². The third-order valence-electron chi connectivity index (χ3n) is 4.33. The fourth-order valence-corrected chi connectivity index (χ4v) is 3.05. The minimum atomic E-state index is -0.405. The molecule has 21 heavy (non-hydrogen) atoms. The van der Waals surface area contributed by atoms with Gasteiger partial charge in [-0.25, -0.2) is 0 Å². The van der Waals surface area contributed by atoms with E-state index in [9.17, 15) is 5.26 Å². The fourth-order valence-electron chi connectivity index (χ4n) is 3.05. The first-order valence-electron chi connectivity index (χ1n) is 8.06. The monoisotopic (exact) mass is 286 g/mol. The van der Waals surface area contributed by atoms with Crippen LogP contribution in [0, 0.1) is 11.3 Å². The first-order valence-corrected chi connectivity index (χ1v) is 8.06. The highest BCUT2D eigenvalue weighted by molar-refractivity contribution is 5.29. The Kier molecular flexibility index (Phi) is 5.64. The molecular formula is C18H26N2O. The predicted molar refractivity (Wildman–Crippen MR) is 85.4 cm³/mol. The molecule has 1 aliphatic heterocycles. The molecule has 1 heterocycles. The fraction of sp³-hybridized carbons (Fsp3) is 0.611. The summed E-state index contributed by atoms with van der Waals surface area (Å²) >= 11 is 0. The second-order valence-electron chi connectivity index (χ2n) is 6.04. The zero-order valence-corrected chi connectivity index (χ0v) is 13.3. The molecule has 0 aromatic heterocycles. The third kappa shape index (κ3) is 4.22. The Morgan fingerprint density at radius 1 is 1.14 bits per heavy atom. The maximum Gasteiger partial charge on any atom is 0.119 e. The molecule has 0 amide bonds. The maximum atomic E-state index is 9.71. The van der Waals surface area contributed by atoms with Crippen LogP contribution in [0.25, 0.3) is 0 Å². The molecule has 3 nitrogen and oxygen atoms in total. The molecule has 1 saturated heterocycles. The molecule has 0 aliphatic carbocycles. The lowest BCUT2D eigenvalue weighted by atomic mass is 9.92. The van der Waals surface area contributed by atoms with E-state index in [4.69, 9.17) is 4.74 Å². The van der Waals surface area contributed by atoms with Gasteiger partial charge < -0.3 is 4.74 Å². The summed E-state index contributed by atoms with van der Waals surface area (Å²) in [4.78, 5) is 2.37. The number of benzene rings is 1. The third-order valence-corrected chi connectivity index (χ3v) is 4.33. The smallest absolute Gasteiger partial charge is 0.119 e. The number of nitrogens with zero attached hydrogens (tertiary/aromatic N) is 2. The lowest BCUT2D eigenvalue weighted by Crippen LogP contribution is -2.47. The summed E-state index contributed by atoms with van der Waals surface area (Å²) in [6.07, 6.45) is 5.78. The highest BCUT2D eigenvalue weighted by Gasteiger charge is 2.32. The van der Waals surface area contributed by atoms with Gasteiger partial charge in [-0.1, -0.05) is 25.0 Å². The summed E-state index contributed by atoms with van der Waals surface area (Å²) in [5.74, 6) is 0.898. The first kappa shape index (κ1) is 15.9. The van der Waals surface area contributed by atoms with Crippen molar-refractivity contribution in [2.24, 2.45) is 0 Å². The minimum Gasteiger partial charge on any atom is -0.494 e. The quantitative estimate of drug-likeness (QED) is 0.826. The molecule has 3 heteroatoms. The molecule has 2 rings (SSSR count). The van der Waals surface area contributed by atoms with Gasteiger partial charge in [-0.2, -0.15) is 5.26 Å². The van der Waals surface area contributed by atoms with Crippen molar-refractivity contribution in [2.45, 2.75) is 51.5 Å². The van der Waals surface area contributed by atoms with Crippen molar-refractivity contribution in [1.82, 2.24) is 4.90 Å². The second-order valence-corrected chi connectivity index (χ2v) is 6.04. The number of nitriles is 1. The van der Waals surface area contributed by atoms with E-state index in [1.165, 1.54) is 31.2 Å². The Morgan fingerprint density at radius 2 is 1.76 bits per heavy atom. The number of hydrogen-bond donors (Lipinski definition) is 0. The number of hydrogen-bond acceptors (Lipinski definition) is 3. The average molecular weight is 286 g/mol. The number of rotatable bonds is 5. The average Bonchev–Trinajstić information content (AvgIpc) is 2.79. The number of likely N-dealkylation sites (tertiary alicyclic amines) is 1. The van der Waals surface area contributed by atoms with E-state index in [1.807, 2.05) is 19.1 Å². The van der Waals surface area contributed by atoms with Crippen molar-refractivity contribution in [3.8, 4) is 11.8 Å². The van der Waals surface area contributed by atoms with Gasteiger partial charge in [0, 0.05) is 6.42 Å². The van der Waals surface area contributed by atoms with Crippen molar-refractivity contribution < 1.29 is 4.74 Å². The van der Waals surface area contributed by atoms with Crippen molar-refractivity contribution >= 4 is 0 Å².